The molecule has 0 unspecified atom stereocenters. The maximum atomic E-state index is 12.5. The normalized spacial score (nSPS) is 15.4. The van der Waals surface area contributed by atoms with Crippen molar-refractivity contribution in [1.29, 1.82) is 5.26 Å². The van der Waals surface area contributed by atoms with Crippen LogP contribution in [0.2, 0.25) is 0 Å². The Hall–Kier alpha value is -2.84. The molecule has 1 fully saturated rings. The van der Waals surface area contributed by atoms with E-state index in [2.05, 4.69) is 6.07 Å². The van der Waals surface area contributed by atoms with Gasteiger partial charge in [0.2, 0.25) is 5.91 Å². The highest BCUT2D eigenvalue weighted by molar-refractivity contribution is 8.04. The summed E-state index contributed by atoms with van der Waals surface area (Å²) in [4.78, 5) is 26.4. The summed E-state index contributed by atoms with van der Waals surface area (Å²) in [7, 11) is 0. The zero-order chi connectivity index (χ0) is 17.8. The minimum Gasteiger partial charge on any atom is -0.301 e. The van der Waals surface area contributed by atoms with Gasteiger partial charge in [-0.25, -0.2) is 0 Å². The highest BCUT2D eigenvalue weighted by Crippen LogP contribution is 2.31. The van der Waals surface area contributed by atoms with Crippen molar-refractivity contribution in [2.75, 3.05) is 5.75 Å². The fourth-order valence-electron chi connectivity index (χ4n) is 2.61. The smallest absolute Gasteiger partial charge is 0.238 e. The number of thioether (sulfide) groups is 1. The molecule has 0 aliphatic carbocycles. The van der Waals surface area contributed by atoms with Gasteiger partial charge in [-0.1, -0.05) is 48.2 Å². The lowest BCUT2D eigenvalue weighted by Crippen LogP contribution is -2.24. The molecule has 1 aliphatic rings. The van der Waals surface area contributed by atoms with Crippen LogP contribution in [0.15, 0.2) is 59.6 Å². The molecule has 1 saturated heterocycles. The summed E-state index contributed by atoms with van der Waals surface area (Å²) in [6.07, 6.45) is 1.54. The van der Waals surface area contributed by atoms with Crippen molar-refractivity contribution >= 4 is 23.5 Å². The molecule has 4 nitrogen and oxygen atoms in total. The second-order valence-electron chi connectivity index (χ2n) is 5.74. The van der Waals surface area contributed by atoms with Gasteiger partial charge in [-0.2, -0.15) is 5.26 Å². The van der Waals surface area contributed by atoms with E-state index in [0.717, 1.165) is 11.1 Å². The number of nitriles is 1. The highest BCUT2D eigenvalue weighted by Gasteiger charge is 2.27. The quantitative estimate of drug-likeness (QED) is 0.625. The average Bonchev–Trinajstić information content (AvgIpc) is 2.96. The number of benzene rings is 2. The van der Waals surface area contributed by atoms with Crippen LogP contribution in [-0.2, 0) is 11.3 Å². The van der Waals surface area contributed by atoms with E-state index in [1.807, 2.05) is 37.3 Å². The van der Waals surface area contributed by atoms with Crippen LogP contribution < -0.4 is 0 Å². The topological polar surface area (TPSA) is 61.2 Å². The number of nitrogens with zero attached hydrogens (tertiary/aromatic N) is 2. The maximum Gasteiger partial charge on any atom is 0.238 e. The second-order valence-corrected chi connectivity index (χ2v) is 6.73. The Bertz CT molecular complexity index is 895. The molecule has 5 heteroatoms. The number of allylic oxidation sites excluding steroid dienone is 1. The molecule has 1 heterocycles. The van der Waals surface area contributed by atoms with Crippen LogP contribution in [0.4, 0.5) is 0 Å². The van der Waals surface area contributed by atoms with Crippen LogP contribution in [0.1, 0.15) is 27.0 Å². The Balaban J connectivity index is 1.82. The van der Waals surface area contributed by atoms with Gasteiger partial charge >= 0.3 is 0 Å². The van der Waals surface area contributed by atoms with Gasteiger partial charge in [-0.15, -0.1) is 0 Å². The van der Waals surface area contributed by atoms with Gasteiger partial charge in [0.25, 0.3) is 0 Å². The molecule has 3 rings (SSSR count). The Labute approximate surface area is 150 Å². The van der Waals surface area contributed by atoms with Gasteiger partial charge in [0.05, 0.1) is 29.0 Å². The minimum atomic E-state index is -0.0971. The maximum absolute atomic E-state index is 12.5. The number of rotatable bonds is 4. The van der Waals surface area contributed by atoms with E-state index in [4.69, 9.17) is 5.26 Å². The van der Waals surface area contributed by atoms with E-state index >= 15 is 0 Å². The van der Waals surface area contributed by atoms with Crippen molar-refractivity contribution in [1.82, 2.24) is 4.90 Å². The van der Waals surface area contributed by atoms with E-state index in [9.17, 15) is 9.59 Å². The Kier molecular flexibility index (Phi) is 5.01. The van der Waals surface area contributed by atoms with Gasteiger partial charge in [0.1, 0.15) is 0 Å². The van der Waals surface area contributed by atoms with Crippen LogP contribution >= 0.6 is 11.8 Å². The third kappa shape index (κ3) is 3.81. The largest absolute Gasteiger partial charge is 0.301 e. The fourth-order valence-corrected chi connectivity index (χ4v) is 3.55. The molecule has 0 bridgehead atoms. The molecule has 0 saturated carbocycles. The Morgan fingerprint density at radius 2 is 1.96 bits per heavy atom. The summed E-state index contributed by atoms with van der Waals surface area (Å²) >= 11 is 1.38. The molecule has 124 valence electrons. The third-order valence-corrected chi connectivity index (χ3v) is 5.02. The van der Waals surface area contributed by atoms with Crippen molar-refractivity contribution in [3.05, 3.63) is 81.9 Å². The lowest BCUT2D eigenvalue weighted by molar-refractivity contribution is -0.125. The molecule has 0 spiro atoms. The molecule has 0 aromatic heterocycles. The molecule has 2 aromatic carbocycles. The number of hydrogen-bond acceptors (Lipinski definition) is 4. The lowest BCUT2D eigenvalue weighted by Gasteiger charge is -2.17. The highest BCUT2D eigenvalue weighted by atomic mass is 32.2. The molecular weight excluding hydrogens is 332 g/mol. The van der Waals surface area contributed by atoms with E-state index in [1.54, 1.807) is 29.2 Å². The van der Waals surface area contributed by atoms with E-state index in [0.29, 0.717) is 28.5 Å². The van der Waals surface area contributed by atoms with Crippen LogP contribution in [0.25, 0.3) is 0 Å². The van der Waals surface area contributed by atoms with Crippen LogP contribution in [0.5, 0.6) is 0 Å². The summed E-state index contributed by atoms with van der Waals surface area (Å²) < 4.78 is 0. The van der Waals surface area contributed by atoms with E-state index in [-0.39, 0.29) is 11.7 Å². The first-order valence-electron chi connectivity index (χ1n) is 7.82. The van der Waals surface area contributed by atoms with Gasteiger partial charge in [0.15, 0.2) is 5.78 Å². The summed E-state index contributed by atoms with van der Waals surface area (Å²) in [5, 5.41) is 9.53. The summed E-state index contributed by atoms with van der Waals surface area (Å²) in [5.74, 6) is 0.224. The van der Waals surface area contributed by atoms with Gasteiger partial charge in [0, 0.05) is 11.6 Å². The molecule has 0 N–H and O–H groups in total. The lowest BCUT2D eigenvalue weighted by atomic mass is 10.0. The van der Waals surface area contributed by atoms with E-state index in [1.165, 1.54) is 11.8 Å². The zero-order valence-electron chi connectivity index (χ0n) is 13.7. The fraction of sp³-hybridized carbons (Fsp3) is 0.150. The molecular formula is C20H16N2O2S. The number of ketones is 1. The van der Waals surface area contributed by atoms with Crippen LogP contribution in [0.3, 0.4) is 0 Å². The van der Waals surface area contributed by atoms with Gasteiger partial charge in [-0.3, -0.25) is 9.59 Å². The number of hydrogen-bond donors (Lipinski definition) is 0. The standard InChI is InChI=1S/C20H16N2O2S/c1-14-4-2-3-5-17(14)18(23)10-20-22(19(24)13-25-20)12-16-8-6-15(11-21)7-9-16/h2-10H,12-13H2,1H3. The number of carbonyl (C=O) groups is 2. The second kappa shape index (κ2) is 7.37. The van der Waals surface area contributed by atoms with Crippen molar-refractivity contribution in [3.63, 3.8) is 0 Å². The van der Waals surface area contributed by atoms with Gasteiger partial charge in [-0.05, 0) is 30.2 Å². The molecule has 0 radical (unpaired) electrons. The summed E-state index contributed by atoms with van der Waals surface area (Å²) in [6, 6.07) is 16.6. The van der Waals surface area contributed by atoms with Crippen LogP contribution in [0, 0.1) is 18.3 Å². The molecule has 25 heavy (non-hydrogen) atoms. The predicted molar refractivity (Wildman–Crippen MR) is 97.8 cm³/mol. The van der Waals surface area contributed by atoms with Gasteiger partial charge < -0.3 is 4.90 Å². The third-order valence-electron chi connectivity index (χ3n) is 4.00. The first kappa shape index (κ1) is 17.0. The van der Waals surface area contributed by atoms with Crippen LogP contribution in [-0.4, -0.2) is 22.3 Å². The first-order chi connectivity index (χ1) is 12.1. The SMILES string of the molecule is Cc1ccccc1C(=O)C=C1SCC(=O)N1Cc1ccc(C#N)cc1. The number of amides is 1. The summed E-state index contributed by atoms with van der Waals surface area (Å²) in [5.41, 5.74) is 3.06. The van der Waals surface area contributed by atoms with Crippen molar-refractivity contribution < 1.29 is 9.59 Å². The molecule has 2 aromatic rings. The molecule has 0 atom stereocenters. The number of carbonyl (C=O) groups excluding carboxylic acids is 2. The zero-order valence-corrected chi connectivity index (χ0v) is 14.5. The minimum absolute atomic E-state index is 0.0156. The van der Waals surface area contributed by atoms with Crippen molar-refractivity contribution in [2.45, 2.75) is 13.5 Å². The van der Waals surface area contributed by atoms with E-state index < -0.39 is 0 Å². The summed E-state index contributed by atoms with van der Waals surface area (Å²) in [6.45, 7) is 2.29. The Morgan fingerprint density at radius 3 is 2.64 bits per heavy atom. The molecule has 1 aliphatic heterocycles. The monoisotopic (exact) mass is 348 g/mol. The van der Waals surface area contributed by atoms with Crippen molar-refractivity contribution in [3.8, 4) is 6.07 Å². The molecule has 1 amide bonds. The van der Waals surface area contributed by atoms with Crippen molar-refractivity contribution in [2.24, 2.45) is 0 Å². The average molecular weight is 348 g/mol. The Morgan fingerprint density at radius 1 is 1.24 bits per heavy atom. The predicted octanol–water partition coefficient (Wildman–Crippen LogP) is 3.67. The first-order valence-corrected chi connectivity index (χ1v) is 8.81. The number of aryl methyl sites for hydroxylation is 1.